The van der Waals surface area contributed by atoms with E-state index >= 15 is 0 Å². The summed E-state index contributed by atoms with van der Waals surface area (Å²) in [5, 5.41) is 20.7. The standard InChI is InChI=1S/C8H15NO3/c1-5(11)6-7(12)9-8(6,2)3-4-10/h5-6,10-11H,3-4H2,1-2H3,(H,9,12). The van der Waals surface area contributed by atoms with E-state index in [-0.39, 0.29) is 18.4 Å². The molecule has 1 amide bonds. The van der Waals surface area contributed by atoms with Crippen molar-refractivity contribution in [3.63, 3.8) is 0 Å². The smallest absolute Gasteiger partial charge is 0.228 e. The Balaban J connectivity index is 2.63. The van der Waals surface area contributed by atoms with E-state index in [0.29, 0.717) is 6.42 Å². The first kappa shape index (κ1) is 9.48. The van der Waals surface area contributed by atoms with Gasteiger partial charge in [-0.15, -0.1) is 0 Å². The number of carbonyl (C=O) groups excluding carboxylic acids is 1. The van der Waals surface area contributed by atoms with E-state index in [2.05, 4.69) is 5.32 Å². The fourth-order valence-electron chi connectivity index (χ4n) is 1.85. The highest BCUT2D eigenvalue weighted by Gasteiger charge is 2.51. The number of β-lactam (4-membered cyclic amide) rings is 1. The van der Waals surface area contributed by atoms with E-state index in [4.69, 9.17) is 5.11 Å². The average molecular weight is 173 g/mol. The van der Waals surface area contributed by atoms with Crippen LogP contribution in [0.5, 0.6) is 0 Å². The van der Waals surface area contributed by atoms with E-state index < -0.39 is 11.6 Å². The average Bonchev–Trinajstić information content (AvgIpc) is 1.84. The lowest BCUT2D eigenvalue weighted by molar-refractivity contribution is -0.148. The first-order chi connectivity index (χ1) is 5.51. The van der Waals surface area contributed by atoms with Gasteiger partial charge >= 0.3 is 0 Å². The van der Waals surface area contributed by atoms with Crippen molar-refractivity contribution in [2.24, 2.45) is 5.92 Å². The van der Waals surface area contributed by atoms with Crippen molar-refractivity contribution in [2.45, 2.75) is 31.9 Å². The van der Waals surface area contributed by atoms with Gasteiger partial charge in [0.15, 0.2) is 0 Å². The molecule has 0 aliphatic carbocycles. The van der Waals surface area contributed by atoms with Crippen molar-refractivity contribution in [2.75, 3.05) is 6.61 Å². The van der Waals surface area contributed by atoms with Crippen LogP contribution in [0.2, 0.25) is 0 Å². The lowest BCUT2D eigenvalue weighted by Gasteiger charge is -2.48. The van der Waals surface area contributed by atoms with Crippen molar-refractivity contribution in [1.29, 1.82) is 0 Å². The van der Waals surface area contributed by atoms with Gasteiger partial charge in [0.05, 0.1) is 17.6 Å². The highest BCUT2D eigenvalue weighted by Crippen LogP contribution is 2.32. The lowest BCUT2D eigenvalue weighted by Crippen LogP contribution is -2.70. The second-order valence-electron chi connectivity index (χ2n) is 3.60. The van der Waals surface area contributed by atoms with Gasteiger partial charge in [-0.25, -0.2) is 0 Å². The molecule has 3 atom stereocenters. The molecule has 3 N–H and O–H groups in total. The molecule has 0 bridgehead atoms. The van der Waals surface area contributed by atoms with E-state index in [9.17, 15) is 9.90 Å². The van der Waals surface area contributed by atoms with Crippen molar-refractivity contribution in [1.82, 2.24) is 5.32 Å². The van der Waals surface area contributed by atoms with Crippen molar-refractivity contribution < 1.29 is 15.0 Å². The zero-order valence-corrected chi connectivity index (χ0v) is 7.37. The van der Waals surface area contributed by atoms with Gasteiger partial charge in [-0.1, -0.05) is 0 Å². The maximum Gasteiger partial charge on any atom is 0.228 e. The molecule has 1 aliphatic rings. The minimum atomic E-state index is -0.643. The highest BCUT2D eigenvalue weighted by molar-refractivity contribution is 5.88. The molecule has 12 heavy (non-hydrogen) atoms. The number of amides is 1. The number of aliphatic hydroxyl groups excluding tert-OH is 2. The fraction of sp³-hybridized carbons (Fsp3) is 0.875. The monoisotopic (exact) mass is 173 g/mol. The van der Waals surface area contributed by atoms with E-state index in [1.54, 1.807) is 6.92 Å². The molecule has 0 aromatic carbocycles. The van der Waals surface area contributed by atoms with E-state index in [1.165, 1.54) is 0 Å². The minimum absolute atomic E-state index is 0.0278. The number of nitrogens with one attached hydrogen (secondary N) is 1. The Bertz CT molecular complexity index is 193. The SMILES string of the molecule is CC(O)C1C(=O)NC1(C)CCO. The third-order valence-electron chi connectivity index (χ3n) is 2.49. The van der Waals surface area contributed by atoms with E-state index in [1.807, 2.05) is 6.92 Å². The molecule has 70 valence electrons. The van der Waals surface area contributed by atoms with Gasteiger partial charge in [0.2, 0.25) is 5.91 Å². The summed E-state index contributed by atoms with van der Waals surface area (Å²) in [6.07, 6.45) is -0.149. The van der Waals surface area contributed by atoms with Crippen LogP contribution >= 0.6 is 0 Å². The summed E-state index contributed by atoms with van der Waals surface area (Å²) >= 11 is 0. The van der Waals surface area contributed by atoms with Gasteiger partial charge in [0.1, 0.15) is 0 Å². The molecule has 0 aromatic rings. The summed E-state index contributed by atoms with van der Waals surface area (Å²) in [6.45, 7) is 3.46. The summed E-state index contributed by atoms with van der Waals surface area (Å²) in [6, 6.07) is 0. The van der Waals surface area contributed by atoms with Crippen molar-refractivity contribution in [3.8, 4) is 0 Å². The summed E-state index contributed by atoms with van der Waals surface area (Å²) in [4.78, 5) is 11.0. The molecule has 3 unspecified atom stereocenters. The molecule has 4 nitrogen and oxygen atoms in total. The number of rotatable bonds is 3. The Morgan fingerprint density at radius 2 is 2.33 bits per heavy atom. The first-order valence-corrected chi connectivity index (χ1v) is 4.12. The zero-order valence-electron chi connectivity index (χ0n) is 7.37. The van der Waals surface area contributed by atoms with Crippen LogP contribution in [0.1, 0.15) is 20.3 Å². The molecule has 0 aromatic heterocycles. The van der Waals surface area contributed by atoms with Gasteiger partial charge in [-0.05, 0) is 20.3 Å². The van der Waals surface area contributed by atoms with Crippen LogP contribution in [-0.2, 0) is 4.79 Å². The van der Waals surface area contributed by atoms with E-state index in [0.717, 1.165) is 0 Å². The molecule has 1 heterocycles. The van der Waals surface area contributed by atoms with Crippen LogP contribution in [0, 0.1) is 5.92 Å². The second kappa shape index (κ2) is 3.03. The third-order valence-corrected chi connectivity index (χ3v) is 2.49. The molecule has 1 fully saturated rings. The second-order valence-corrected chi connectivity index (χ2v) is 3.60. The van der Waals surface area contributed by atoms with Crippen LogP contribution < -0.4 is 5.32 Å². The number of hydrogen-bond donors (Lipinski definition) is 3. The topological polar surface area (TPSA) is 69.6 Å². The predicted octanol–water partition coefficient (Wildman–Crippen LogP) is -0.746. The maximum atomic E-state index is 11.0. The Hall–Kier alpha value is -0.610. The zero-order chi connectivity index (χ0) is 9.35. The first-order valence-electron chi connectivity index (χ1n) is 4.12. The molecule has 1 rings (SSSR count). The molecular weight excluding hydrogens is 158 g/mol. The maximum absolute atomic E-state index is 11.0. The van der Waals surface area contributed by atoms with Gasteiger partial charge in [0, 0.05) is 6.61 Å². The molecule has 0 radical (unpaired) electrons. The molecule has 0 spiro atoms. The summed E-state index contributed by atoms with van der Waals surface area (Å²) < 4.78 is 0. The fourth-order valence-corrected chi connectivity index (χ4v) is 1.85. The Kier molecular flexibility index (Phi) is 2.39. The van der Waals surface area contributed by atoms with Crippen LogP contribution in [-0.4, -0.2) is 34.4 Å². The van der Waals surface area contributed by atoms with Crippen molar-refractivity contribution in [3.05, 3.63) is 0 Å². The Labute approximate surface area is 71.6 Å². The quantitative estimate of drug-likeness (QED) is 0.492. The summed E-state index contributed by atoms with van der Waals surface area (Å²) in [5.41, 5.74) is -0.417. The Morgan fingerprint density at radius 3 is 2.67 bits per heavy atom. The normalized spacial score (nSPS) is 37.0. The molecular formula is C8H15NO3. The number of hydrogen-bond acceptors (Lipinski definition) is 3. The van der Waals surface area contributed by atoms with Crippen LogP contribution in [0.4, 0.5) is 0 Å². The Morgan fingerprint density at radius 1 is 1.75 bits per heavy atom. The summed E-state index contributed by atoms with van der Waals surface area (Å²) in [7, 11) is 0. The van der Waals surface area contributed by atoms with Gasteiger partial charge in [0.25, 0.3) is 0 Å². The third kappa shape index (κ3) is 1.32. The van der Waals surface area contributed by atoms with Gasteiger partial charge < -0.3 is 15.5 Å². The highest BCUT2D eigenvalue weighted by atomic mass is 16.3. The molecule has 0 saturated carbocycles. The van der Waals surface area contributed by atoms with Crippen molar-refractivity contribution >= 4 is 5.91 Å². The van der Waals surface area contributed by atoms with Gasteiger partial charge in [-0.3, -0.25) is 4.79 Å². The summed E-state index contributed by atoms with van der Waals surface area (Å²) in [5.74, 6) is -0.495. The minimum Gasteiger partial charge on any atom is -0.396 e. The van der Waals surface area contributed by atoms with Crippen LogP contribution in [0.25, 0.3) is 0 Å². The van der Waals surface area contributed by atoms with Crippen LogP contribution in [0.15, 0.2) is 0 Å². The van der Waals surface area contributed by atoms with Gasteiger partial charge in [-0.2, -0.15) is 0 Å². The molecule has 4 heteroatoms. The number of aliphatic hydroxyl groups is 2. The lowest BCUT2D eigenvalue weighted by atomic mass is 9.72. The predicted molar refractivity (Wildman–Crippen MR) is 43.4 cm³/mol. The largest absolute Gasteiger partial charge is 0.396 e. The molecule has 1 aliphatic heterocycles. The van der Waals surface area contributed by atoms with Crippen LogP contribution in [0.3, 0.4) is 0 Å². The number of carbonyl (C=O) groups is 1. The molecule has 1 saturated heterocycles.